The van der Waals surface area contributed by atoms with Gasteiger partial charge in [-0.15, -0.1) is 0 Å². The number of benzene rings is 1. The number of carbonyl (C=O) groups is 2. The zero-order valence-electron chi connectivity index (χ0n) is 11.7. The van der Waals surface area contributed by atoms with Crippen molar-refractivity contribution in [3.63, 3.8) is 0 Å². The van der Waals surface area contributed by atoms with Crippen LogP contribution in [-0.4, -0.2) is 30.1 Å². The van der Waals surface area contributed by atoms with Gasteiger partial charge in [-0.2, -0.15) is 0 Å². The van der Waals surface area contributed by atoms with Crippen molar-refractivity contribution in [1.29, 1.82) is 0 Å². The van der Waals surface area contributed by atoms with Gasteiger partial charge in [0.05, 0.1) is 5.92 Å². The van der Waals surface area contributed by atoms with Gasteiger partial charge in [-0.1, -0.05) is 29.8 Å². The lowest BCUT2D eigenvalue weighted by molar-refractivity contribution is -0.143. The van der Waals surface area contributed by atoms with Crippen molar-refractivity contribution < 1.29 is 23.8 Å². The van der Waals surface area contributed by atoms with E-state index in [1.54, 1.807) is 19.9 Å². The average molecular weight is 362 g/mol. The van der Waals surface area contributed by atoms with Crippen LogP contribution in [0.25, 0.3) is 0 Å². The van der Waals surface area contributed by atoms with Crippen LogP contribution in [0.1, 0.15) is 13.8 Å². The van der Waals surface area contributed by atoms with Crippen molar-refractivity contribution in [2.24, 2.45) is 11.8 Å². The third-order valence-electron chi connectivity index (χ3n) is 2.89. The highest BCUT2D eigenvalue weighted by Gasteiger charge is 2.22. The molecular formula is C14H17BrFNO4. The SMILES string of the molecule is CC(C)C(CNC(=O)COc1ccc(Br)cc1F)C(=O)O. The van der Waals surface area contributed by atoms with Crippen LogP contribution >= 0.6 is 15.9 Å². The summed E-state index contributed by atoms with van der Waals surface area (Å²) >= 11 is 3.11. The molecule has 116 valence electrons. The maximum absolute atomic E-state index is 13.5. The molecule has 0 aromatic heterocycles. The number of hydrogen-bond acceptors (Lipinski definition) is 3. The first-order chi connectivity index (χ1) is 9.81. The minimum Gasteiger partial charge on any atom is -0.481 e. The van der Waals surface area contributed by atoms with E-state index in [9.17, 15) is 14.0 Å². The fraction of sp³-hybridized carbons (Fsp3) is 0.429. The van der Waals surface area contributed by atoms with E-state index in [-0.39, 0.29) is 24.8 Å². The molecule has 5 nitrogen and oxygen atoms in total. The molecule has 1 aromatic carbocycles. The molecule has 0 radical (unpaired) electrons. The number of nitrogens with one attached hydrogen (secondary N) is 1. The maximum Gasteiger partial charge on any atom is 0.308 e. The molecule has 1 rings (SSSR count). The fourth-order valence-corrected chi connectivity index (χ4v) is 1.95. The minimum atomic E-state index is -0.967. The van der Waals surface area contributed by atoms with Crippen LogP contribution in [0.4, 0.5) is 4.39 Å². The maximum atomic E-state index is 13.5. The van der Waals surface area contributed by atoms with E-state index in [0.29, 0.717) is 4.47 Å². The van der Waals surface area contributed by atoms with E-state index in [0.717, 1.165) is 0 Å². The number of ether oxygens (including phenoxy) is 1. The number of carbonyl (C=O) groups excluding carboxylic acids is 1. The summed E-state index contributed by atoms with van der Waals surface area (Å²) in [4.78, 5) is 22.6. The molecule has 7 heteroatoms. The van der Waals surface area contributed by atoms with Gasteiger partial charge in [0, 0.05) is 11.0 Å². The Labute approximate surface area is 130 Å². The number of hydrogen-bond donors (Lipinski definition) is 2. The molecule has 0 spiro atoms. The van der Waals surface area contributed by atoms with Gasteiger partial charge in [-0.05, 0) is 24.1 Å². The molecule has 0 heterocycles. The predicted molar refractivity (Wildman–Crippen MR) is 78.6 cm³/mol. The monoisotopic (exact) mass is 361 g/mol. The Balaban J connectivity index is 2.45. The quantitative estimate of drug-likeness (QED) is 0.781. The minimum absolute atomic E-state index is 0.0119. The van der Waals surface area contributed by atoms with Crippen LogP contribution in [0.3, 0.4) is 0 Å². The number of carboxylic acids is 1. The van der Waals surface area contributed by atoms with Gasteiger partial charge >= 0.3 is 5.97 Å². The lowest BCUT2D eigenvalue weighted by Crippen LogP contribution is -2.37. The van der Waals surface area contributed by atoms with Crippen molar-refractivity contribution in [2.45, 2.75) is 13.8 Å². The summed E-state index contributed by atoms with van der Waals surface area (Å²) in [5, 5.41) is 11.5. The summed E-state index contributed by atoms with van der Waals surface area (Å²) in [6, 6.07) is 4.23. The molecular weight excluding hydrogens is 345 g/mol. The smallest absolute Gasteiger partial charge is 0.308 e. The van der Waals surface area contributed by atoms with Crippen molar-refractivity contribution >= 4 is 27.8 Å². The number of carboxylic acid groups (broad SMARTS) is 1. The van der Waals surface area contributed by atoms with E-state index in [1.165, 1.54) is 12.1 Å². The van der Waals surface area contributed by atoms with Crippen LogP contribution in [0.2, 0.25) is 0 Å². The van der Waals surface area contributed by atoms with Crippen molar-refractivity contribution in [3.05, 3.63) is 28.5 Å². The van der Waals surface area contributed by atoms with Gasteiger partial charge in [0.25, 0.3) is 5.91 Å². The van der Waals surface area contributed by atoms with Gasteiger partial charge in [0.1, 0.15) is 0 Å². The Bertz CT molecular complexity index is 522. The number of amides is 1. The molecule has 1 aromatic rings. The van der Waals surface area contributed by atoms with Crippen LogP contribution in [0, 0.1) is 17.7 Å². The van der Waals surface area contributed by atoms with Crippen molar-refractivity contribution in [3.8, 4) is 5.75 Å². The first kappa shape index (κ1) is 17.4. The lowest BCUT2D eigenvalue weighted by Gasteiger charge is -2.16. The summed E-state index contributed by atoms with van der Waals surface area (Å²) < 4.78 is 19.1. The van der Waals surface area contributed by atoms with E-state index in [4.69, 9.17) is 9.84 Å². The summed E-state index contributed by atoms with van der Waals surface area (Å²) in [5.41, 5.74) is 0. The van der Waals surface area contributed by atoms with Gasteiger partial charge in [-0.25, -0.2) is 4.39 Å². The molecule has 0 fully saturated rings. The van der Waals surface area contributed by atoms with Gasteiger partial charge in [-0.3, -0.25) is 9.59 Å². The first-order valence-electron chi connectivity index (χ1n) is 6.38. The molecule has 2 N–H and O–H groups in total. The Hall–Kier alpha value is -1.63. The third-order valence-corrected chi connectivity index (χ3v) is 3.39. The van der Waals surface area contributed by atoms with E-state index in [1.807, 2.05) is 0 Å². The number of rotatable bonds is 7. The highest BCUT2D eigenvalue weighted by atomic mass is 79.9. The first-order valence-corrected chi connectivity index (χ1v) is 7.18. The molecule has 0 aliphatic carbocycles. The van der Waals surface area contributed by atoms with Crippen molar-refractivity contribution in [1.82, 2.24) is 5.32 Å². The second kappa shape index (κ2) is 7.97. The number of halogens is 2. The summed E-state index contributed by atoms with van der Waals surface area (Å²) in [5.74, 6) is -2.85. The molecule has 0 saturated heterocycles. The summed E-state index contributed by atoms with van der Waals surface area (Å²) in [6.45, 7) is 3.16. The molecule has 21 heavy (non-hydrogen) atoms. The fourth-order valence-electron chi connectivity index (χ4n) is 1.62. The molecule has 0 aliphatic rings. The molecule has 0 aliphatic heterocycles. The normalized spacial score (nSPS) is 12.0. The van der Waals surface area contributed by atoms with Crippen molar-refractivity contribution in [2.75, 3.05) is 13.2 Å². The zero-order chi connectivity index (χ0) is 16.0. The Morgan fingerprint density at radius 3 is 2.62 bits per heavy atom. The zero-order valence-corrected chi connectivity index (χ0v) is 13.3. The highest BCUT2D eigenvalue weighted by Crippen LogP contribution is 2.21. The van der Waals surface area contributed by atoms with Gasteiger partial charge in [0.2, 0.25) is 0 Å². The van der Waals surface area contributed by atoms with E-state index in [2.05, 4.69) is 21.2 Å². The second-order valence-electron chi connectivity index (χ2n) is 4.86. The largest absolute Gasteiger partial charge is 0.481 e. The highest BCUT2D eigenvalue weighted by molar-refractivity contribution is 9.10. The molecule has 1 amide bonds. The Morgan fingerprint density at radius 2 is 2.10 bits per heavy atom. The Kier molecular flexibility index (Phi) is 6.61. The standard InChI is InChI=1S/C14H17BrFNO4/c1-8(2)10(14(19)20)6-17-13(18)7-21-12-4-3-9(15)5-11(12)16/h3-5,8,10H,6-7H2,1-2H3,(H,17,18)(H,19,20). The third kappa shape index (κ3) is 5.71. The molecule has 0 saturated carbocycles. The van der Waals surface area contributed by atoms with Crippen LogP contribution < -0.4 is 10.1 Å². The van der Waals surface area contributed by atoms with Crippen LogP contribution in [-0.2, 0) is 9.59 Å². The summed E-state index contributed by atoms with van der Waals surface area (Å²) in [7, 11) is 0. The van der Waals surface area contributed by atoms with E-state index < -0.39 is 23.6 Å². The van der Waals surface area contributed by atoms with Crippen LogP contribution in [0.15, 0.2) is 22.7 Å². The average Bonchev–Trinajstić information content (AvgIpc) is 2.37. The predicted octanol–water partition coefficient (Wildman–Crippen LogP) is 2.44. The van der Waals surface area contributed by atoms with E-state index >= 15 is 0 Å². The Morgan fingerprint density at radius 1 is 1.43 bits per heavy atom. The molecule has 1 atom stereocenters. The summed E-state index contributed by atoms with van der Waals surface area (Å²) in [6.07, 6.45) is 0. The van der Waals surface area contributed by atoms with Gasteiger partial charge in [0.15, 0.2) is 18.2 Å². The second-order valence-corrected chi connectivity index (χ2v) is 5.77. The van der Waals surface area contributed by atoms with Gasteiger partial charge < -0.3 is 15.2 Å². The lowest BCUT2D eigenvalue weighted by atomic mass is 9.96. The molecule has 0 bridgehead atoms. The molecule has 1 unspecified atom stereocenters. The topological polar surface area (TPSA) is 75.6 Å². The number of aliphatic carboxylic acids is 1. The van der Waals surface area contributed by atoms with Crippen LogP contribution in [0.5, 0.6) is 5.75 Å².